The highest BCUT2D eigenvalue weighted by molar-refractivity contribution is 5.89. The predicted molar refractivity (Wildman–Crippen MR) is 68.2 cm³/mol. The summed E-state index contributed by atoms with van der Waals surface area (Å²) in [7, 11) is 0. The van der Waals surface area contributed by atoms with Crippen LogP contribution in [0, 0.1) is 5.92 Å². The van der Waals surface area contributed by atoms with Crippen molar-refractivity contribution in [3.8, 4) is 0 Å². The zero-order valence-electron chi connectivity index (χ0n) is 10.9. The highest BCUT2D eigenvalue weighted by Crippen LogP contribution is 2.40. The fourth-order valence-corrected chi connectivity index (χ4v) is 2.89. The fraction of sp³-hybridized carbons (Fsp3) is 0.538. The Bertz CT molecular complexity index is 526. The van der Waals surface area contributed by atoms with Gasteiger partial charge in [-0.1, -0.05) is 0 Å². The molecule has 1 aromatic rings. The summed E-state index contributed by atoms with van der Waals surface area (Å²) < 4.78 is 5.51. The lowest BCUT2D eigenvalue weighted by molar-refractivity contribution is -0.144. The van der Waals surface area contributed by atoms with Crippen LogP contribution in [0.1, 0.15) is 25.7 Å². The number of carbonyl (C=O) groups is 2. The summed E-state index contributed by atoms with van der Waals surface area (Å²) >= 11 is 0. The van der Waals surface area contributed by atoms with Crippen LogP contribution in [0.5, 0.6) is 0 Å². The van der Waals surface area contributed by atoms with Crippen LogP contribution >= 0.6 is 0 Å². The van der Waals surface area contributed by atoms with Crippen molar-refractivity contribution in [3.63, 3.8) is 0 Å². The van der Waals surface area contributed by atoms with E-state index in [1.54, 1.807) is 18.3 Å². The van der Waals surface area contributed by atoms with Crippen LogP contribution in [0.2, 0.25) is 0 Å². The molecule has 0 radical (unpaired) electrons. The van der Waals surface area contributed by atoms with Crippen molar-refractivity contribution >= 4 is 17.9 Å². The third-order valence-corrected chi connectivity index (χ3v) is 4.05. The average Bonchev–Trinajstić information content (AvgIpc) is 2.77. The summed E-state index contributed by atoms with van der Waals surface area (Å²) in [6.07, 6.45) is 3.34. The molecule has 1 saturated heterocycles. The van der Waals surface area contributed by atoms with E-state index in [0.29, 0.717) is 38.0 Å². The molecule has 1 aliphatic heterocycles. The molecule has 2 heterocycles. The zero-order chi connectivity index (χ0) is 14.2. The van der Waals surface area contributed by atoms with E-state index in [9.17, 15) is 9.59 Å². The fourth-order valence-electron chi connectivity index (χ4n) is 2.89. The minimum atomic E-state index is -0.769. The van der Waals surface area contributed by atoms with Gasteiger partial charge in [0, 0.05) is 6.20 Å². The van der Waals surface area contributed by atoms with Crippen molar-refractivity contribution in [1.29, 1.82) is 0 Å². The molecule has 0 unspecified atom stereocenters. The van der Waals surface area contributed by atoms with Gasteiger partial charge in [-0.3, -0.25) is 9.69 Å². The molecule has 1 spiro atoms. The molecule has 20 heavy (non-hydrogen) atoms. The van der Waals surface area contributed by atoms with Crippen molar-refractivity contribution in [2.45, 2.75) is 31.3 Å². The van der Waals surface area contributed by atoms with Gasteiger partial charge in [-0.2, -0.15) is 5.10 Å². The Labute approximate surface area is 115 Å². The molecule has 2 fully saturated rings. The highest BCUT2D eigenvalue weighted by atomic mass is 16.6. The maximum Gasteiger partial charge on any atom is 0.416 e. The third kappa shape index (κ3) is 2.19. The summed E-state index contributed by atoms with van der Waals surface area (Å²) in [4.78, 5) is 24.4. The van der Waals surface area contributed by atoms with Gasteiger partial charge in [0.15, 0.2) is 5.82 Å². The van der Waals surface area contributed by atoms with E-state index in [4.69, 9.17) is 9.84 Å². The van der Waals surface area contributed by atoms with Crippen molar-refractivity contribution in [3.05, 3.63) is 18.3 Å². The molecular formula is C13H15N3O4. The molecule has 0 aromatic carbocycles. The number of nitrogens with zero attached hydrogens (tertiary/aromatic N) is 3. The Morgan fingerprint density at radius 3 is 2.80 bits per heavy atom. The van der Waals surface area contributed by atoms with Crippen molar-refractivity contribution in [2.75, 3.05) is 11.4 Å². The topological polar surface area (TPSA) is 92.6 Å². The summed E-state index contributed by atoms with van der Waals surface area (Å²) in [5.74, 6) is -0.630. The number of aromatic nitrogens is 2. The van der Waals surface area contributed by atoms with Crippen molar-refractivity contribution in [2.24, 2.45) is 5.92 Å². The van der Waals surface area contributed by atoms with Crippen LogP contribution in [-0.2, 0) is 9.53 Å². The number of anilines is 1. The molecule has 3 rings (SSSR count). The second kappa shape index (κ2) is 4.73. The molecule has 1 amide bonds. The minimum Gasteiger partial charge on any atom is -0.481 e. The lowest BCUT2D eigenvalue weighted by Crippen LogP contribution is -2.40. The molecule has 7 heteroatoms. The van der Waals surface area contributed by atoms with Gasteiger partial charge in [0.1, 0.15) is 5.60 Å². The maximum atomic E-state index is 12.0. The molecule has 1 aliphatic carbocycles. The van der Waals surface area contributed by atoms with E-state index >= 15 is 0 Å². The van der Waals surface area contributed by atoms with Crippen LogP contribution < -0.4 is 4.90 Å². The Morgan fingerprint density at radius 1 is 1.45 bits per heavy atom. The van der Waals surface area contributed by atoms with Gasteiger partial charge in [-0.25, -0.2) is 4.79 Å². The second-order valence-electron chi connectivity index (χ2n) is 5.33. The van der Waals surface area contributed by atoms with Crippen LogP contribution in [0.3, 0.4) is 0 Å². The first-order valence-corrected chi connectivity index (χ1v) is 6.61. The largest absolute Gasteiger partial charge is 0.481 e. The number of hydrogen-bond acceptors (Lipinski definition) is 5. The van der Waals surface area contributed by atoms with E-state index in [2.05, 4.69) is 10.2 Å². The van der Waals surface area contributed by atoms with Crippen LogP contribution in [0.4, 0.5) is 10.6 Å². The maximum absolute atomic E-state index is 12.0. The Morgan fingerprint density at radius 2 is 2.20 bits per heavy atom. The lowest BCUT2D eigenvalue weighted by atomic mass is 9.79. The third-order valence-electron chi connectivity index (χ3n) is 4.05. The standard InChI is InChI=1S/C13H15N3O4/c17-11(18)9-3-5-13(6-4-9)8-16(12(19)20-13)10-2-1-7-14-15-10/h1-2,7,9H,3-6,8H2,(H,17,18). The van der Waals surface area contributed by atoms with E-state index in [1.807, 2.05) is 0 Å². The number of ether oxygens (including phenoxy) is 1. The van der Waals surface area contributed by atoms with Gasteiger partial charge in [0.25, 0.3) is 0 Å². The van der Waals surface area contributed by atoms with Gasteiger partial charge in [0.2, 0.25) is 0 Å². The highest BCUT2D eigenvalue weighted by Gasteiger charge is 2.48. The Hall–Kier alpha value is -2.18. The van der Waals surface area contributed by atoms with Gasteiger partial charge < -0.3 is 9.84 Å². The number of aliphatic carboxylic acids is 1. The first kappa shape index (κ1) is 12.8. The molecule has 1 aromatic heterocycles. The monoisotopic (exact) mass is 277 g/mol. The van der Waals surface area contributed by atoms with Crippen molar-refractivity contribution < 1.29 is 19.4 Å². The Kier molecular flexibility index (Phi) is 3.04. The smallest absolute Gasteiger partial charge is 0.416 e. The minimum absolute atomic E-state index is 0.329. The van der Waals surface area contributed by atoms with Crippen LogP contribution in [0.15, 0.2) is 18.3 Å². The predicted octanol–water partition coefficient (Wildman–Crippen LogP) is 1.45. The molecule has 2 aliphatic rings. The normalized spacial score (nSPS) is 29.5. The summed E-state index contributed by atoms with van der Waals surface area (Å²) in [6, 6.07) is 3.41. The molecule has 1 saturated carbocycles. The molecule has 0 atom stereocenters. The van der Waals surface area contributed by atoms with E-state index in [-0.39, 0.29) is 5.92 Å². The number of carboxylic acids is 1. The quantitative estimate of drug-likeness (QED) is 0.879. The van der Waals surface area contributed by atoms with E-state index < -0.39 is 17.7 Å². The molecule has 106 valence electrons. The van der Waals surface area contributed by atoms with Crippen molar-refractivity contribution in [1.82, 2.24) is 10.2 Å². The summed E-state index contributed by atoms with van der Waals surface area (Å²) in [6.45, 7) is 0.414. The summed E-state index contributed by atoms with van der Waals surface area (Å²) in [5, 5.41) is 16.7. The van der Waals surface area contributed by atoms with Gasteiger partial charge in [-0.05, 0) is 37.8 Å². The lowest BCUT2D eigenvalue weighted by Gasteiger charge is -2.33. The van der Waals surface area contributed by atoms with Gasteiger partial charge in [0.05, 0.1) is 12.5 Å². The number of amides is 1. The average molecular weight is 277 g/mol. The molecule has 1 N–H and O–H groups in total. The SMILES string of the molecule is O=C(O)C1CCC2(CC1)CN(c1cccnn1)C(=O)O2. The molecule has 0 bridgehead atoms. The van der Waals surface area contributed by atoms with Crippen LogP contribution in [0.25, 0.3) is 0 Å². The number of carboxylic acid groups (broad SMARTS) is 1. The molecule has 7 nitrogen and oxygen atoms in total. The summed E-state index contributed by atoms with van der Waals surface area (Å²) in [5.41, 5.74) is -0.569. The number of hydrogen-bond donors (Lipinski definition) is 1. The van der Waals surface area contributed by atoms with E-state index in [0.717, 1.165) is 0 Å². The van der Waals surface area contributed by atoms with Crippen LogP contribution in [-0.4, -0.2) is 39.5 Å². The first-order valence-electron chi connectivity index (χ1n) is 6.61. The van der Waals surface area contributed by atoms with Gasteiger partial charge in [-0.15, -0.1) is 5.10 Å². The number of rotatable bonds is 2. The first-order chi connectivity index (χ1) is 9.60. The Balaban J connectivity index is 1.73. The zero-order valence-corrected chi connectivity index (χ0v) is 10.9. The second-order valence-corrected chi connectivity index (χ2v) is 5.33. The van der Waals surface area contributed by atoms with E-state index in [1.165, 1.54) is 4.90 Å². The van der Waals surface area contributed by atoms with Gasteiger partial charge >= 0.3 is 12.1 Å². The molecular weight excluding hydrogens is 262 g/mol. The number of carbonyl (C=O) groups excluding carboxylic acids is 1.